The first-order valence-corrected chi connectivity index (χ1v) is 13.6. The second-order valence-corrected chi connectivity index (χ2v) is 12.4. The number of benzene rings is 2. The van der Waals surface area contributed by atoms with Crippen molar-refractivity contribution in [1.82, 2.24) is 4.31 Å². The first-order chi connectivity index (χ1) is 14.2. The van der Waals surface area contributed by atoms with Gasteiger partial charge < -0.3 is 9.47 Å². The number of halogens is 1. The first kappa shape index (κ1) is 23.2. The van der Waals surface area contributed by atoms with Gasteiger partial charge in [0.25, 0.3) is 10.0 Å². The summed E-state index contributed by atoms with van der Waals surface area (Å²) in [5.74, 6) is 1.18. The van der Waals surface area contributed by atoms with Gasteiger partial charge in [-0.2, -0.15) is 12.7 Å². The fourth-order valence-electron chi connectivity index (χ4n) is 2.72. The smallest absolute Gasteiger partial charge is 0.287 e. The summed E-state index contributed by atoms with van der Waals surface area (Å²) in [6.07, 6.45) is 0. The van der Waals surface area contributed by atoms with E-state index in [1.54, 1.807) is 0 Å². The molecule has 1 fully saturated rings. The van der Waals surface area contributed by atoms with Crippen LogP contribution in [0, 0.1) is 0 Å². The van der Waals surface area contributed by atoms with Gasteiger partial charge in [-0.15, -0.1) is 3.77 Å². The summed E-state index contributed by atoms with van der Waals surface area (Å²) in [5, 5.41) is 0.455. The quantitative estimate of drug-likeness (QED) is 0.550. The van der Waals surface area contributed by atoms with Crippen molar-refractivity contribution < 1.29 is 26.3 Å². The molecular formula is C18H21ClN2O6S3. The number of sulfonamides is 2. The molecule has 0 spiro atoms. The van der Waals surface area contributed by atoms with Crippen molar-refractivity contribution in [2.45, 2.75) is 9.79 Å². The SMILES string of the molecule is COCOc1ccc(S(=O)(=O)N=S2CCN(S(=O)(=O)c3ccc(Cl)cc3)CC2)cc1. The zero-order valence-electron chi connectivity index (χ0n) is 16.1. The number of hydrogen-bond acceptors (Lipinski definition) is 6. The fraction of sp³-hybridized carbons (Fsp3) is 0.333. The highest BCUT2D eigenvalue weighted by Crippen LogP contribution is 2.22. The van der Waals surface area contributed by atoms with Gasteiger partial charge in [-0.3, -0.25) is 0 Å². The lowest BCUT2D eigenvalue weighted by Crippen LogP contribution is -2.41. The van der Waals surface area contributed by atoms with E-state index in [-0.39, 0.29) is 29.7 Å². The van der Waals surface area contributed by atoms with Gasteiger partial charge in [0.2, 0.25) is 10.0 Å². The van der Waals surface area contributed by atoms with Crippen molar-refractivity contribution >= 4 is 42.3 Å². The number of rotatable bonds is 7. The first-order valence-electron chi connectivity index (χ1n) is 8.85. The van der Waals surface area contributed by atoms with Crippen molar-refractivity contribution in [3.63, 3.8) is 0 Å². The van der Waals surface area contributed by atoms with E-state index >= 15 is 0 Å². The van der Waals surface area contributed by atoms with Gasteiger partial charge in [-0.1, -0.05) is 22.3 Å². The Hall–Kier alpha value is -1.50. The second kappa shape index (κ2) is 9.75. The Morgan fingerprint density at radius 2 is 1.53 bits per heavy atom. The minimum absolute atomic E-state index is 0.0648. The highest BCUT2D eigenvalue weighted by molar-refractivity contribution is 8.00. The number of nitrogens with zero attached hydrogens (tertiary/aromatic N) is 2. The van der Waals surface area contributed by atoms with Gasteiger partial charge in [0, 0.05) is 36.7 Å². The van der Waals surface area contributed by atoms with Gasteiger partial charge >= 0.3 is 0 Å². The normalized spacial score (nSPS) is 16.3. The maximum atomic E-state index is 12.7. The summed E-state index contributed by atoms with van der Waals surface area (Å²) in [4.78, 5) is 0.227. The van der Waals surface area contributed by atoms with Gasteiger partial charge in [0.1, 0.15) is 5.75 Å². The lowest BCUT2D eigenvalue weighted by Gasteiger charge is -2.27. The van der Waals surface area contributed by atoms with Crippen molar-refractivity contribution in [2.75, 3.05) is 38.5 Å². The largest absolute Gasteiger partial charge is 0.468 e. The molecule has 164 valence electrons. The Labute approximate surface area is 184 Å². The molecule has 0 bridgehead atoms. The summed E-state index contributed by atoms with van der Waals surface area (Å²) in [5.41, 5.74) is 0. The predicted octanol–water partition coefficient (Wildman–Crippen LogP) is 2.52. The minimum Gasteiger partial charge on any atom is -0.468 e. The molecule has 0 N–H and O–H groups in total. The predicted molar refractivity (Wildman–Crippen MR) is 116 cm³/mol. The fourth-order valence-corrected chi connectivity index (χ4v) is 8.11. The van der Waals surface area contributed by atoms with E-state index in [4.69, 9.17) is 21.1 Å². The average molecular weight is 493 g/mol. The molecule has 30 heavy (non-hydrogen) atoms. The van der Waals surface area contributed by atoms with Crippen LogP contribution in [-0.4, -0.2) is 59.6 Å². The van der Waals surface area contributed by atoms with Crippen LogP contribution in [0.1, 0.15) is 0 Å². The van der Waals surface area contributed by atoms with Crippen LogP contribution in [0.15, 0.2) is 62.1 Å². The monoisotopic (exact) mass is 492 g/mol. The summed E-state index contributed by atoms with van der Waals surface area (Å²) >= 11 is 5.82. The van der Waals surface area contributed by atoms with Crippen LogP contribution >= 0.6 is 11.6 Å². The molecule has 8 nitrogen and oxygen atoms in total. The van der Waals surface area contributed by atoms with Crippen LogP contribution in [-0.2, 0) is 35.5 Å². The van der Waals surface area contributed by atoms with Crippen molar-refractivity contribution in [1.29, 1.82) is 0 Å². The summed E-state index contributed by atoms with van der Waals surface area (Å²) in [7, 11) is -6.78. The zero-order valence-corrected chi connectivity index (χ0v) is 19.3. The molecule has 0 amide bonds. The Morgan fingerprint density at radius 3 is 2.10 bits per heavy atom. The molecule has 0 radical (unpaired) electrons. The Bertz CT molecular complexity index is 1110. The number of hydrogen-bond donors (Lipinski definition) is 0. The van der Waals surface area contributed by atoms with Crippen molar-refractivity contribution in [3.05, 3.63) is 53.6 Å². The number of ether oxygens (including phenoxy) is 2. The molecule has 2 aromatic carbocycles. The molecule has 1 heterocycles. The van der Waals surface area contributed by atoms with Crippen LogP contribution in [0.5, 0.6) is 5.75 Å². The highest BCUT2D eigenvalue weighted by Gasteiger charge is 2.28. The molecule has 3 rings (SSSR count). The van der Waals surface area contributed by atoms with Gasteiger partial charge in [0.15, 0.2) is 6.79 Å². The molecule has 0 aromatic heterocycles. The molecule has 0 saturated carbocycles. The lowest BCUT2D eigenvalue weighted by molar-refractivity contribution is 0.0511. The third-order valence-electron chi connectivity index (χ3n) is 4.27. The molecule has 2 aromatic rings. The molecule has 0 aliphatic carbocycles. The highest BCUT2D eigenvalue weighted by atomic mass is 35.5. The Balaban J connectivity index is 1.68. The third kappa shape index (κ3) is 5.59. The molecule has 0 unspecified atom stereocenters. The lowest BCUT2D eigenvalue weighted by atomic mass is 10.3. The Morgan fingerprint density at radius 1 is 0.967 bits per heavy atom. The van der Waals surface area contributed by atoms with E-state index in [0.717, 1.165) is 0 Å². The van der Waals surface area contributed by atoms with Gasteiger partial charge in [-0.05, 0) is 48.5 Å². The second-order valence-electron chi connectivity index (χ2n) is 6.30. The van der Waals surface area contributed by atoms with E-state index in [9.17, 15) is 16.8 Å². The standard InChI is InChI=1S/C18H21ClN2O6S3/c1-26-14-27-16-4-8-17(9-5-16)29(22,23)20-28-12-10-21(11-13-28)30(24,25)18-6-2-15(19)3-7-18/h2-9H,10-14H2,1H3. The summed E-state index contributed by atoms with van der Waals surface area (Å²) in [6, 6.07) is 11.9. The van der Waals surface area contributed by atoms with Crippen LogP contribution in [0.2, 0.25) is 5.02 Å². The molecule has 12 heteroatoms. The number of methoxy groups -OCH3 is 1. The average Bonchev–Trinajstić information content (AvgIpc) is 2.73. The summed E-state index contributed by atoms with van der Waals surface area (Å²) < 4.78 is 66.1. The molecular weight excluding hydrogens is 472 g/mol. The summed E-state index contributed by atoms with van der Waals surface area (Å²) in [6.45, 7) is 0.475. The van der Waals surface area contributed by atoms with E-state index in [0.29, 0.717) is 22.3 Å². The molecule has 0 atom stereocenters. The van der Waals surface area contributed by atoms with Crippen LogP contribution in [0.25, 0.3) is 0 Å². The maximum absolute atomic E-state index is 12.7. The van der Waals surface area contributed by atoms with Gasteiger partial charge in [-0.25, -0.2) is 8.42 Å². The van der Waals surface area contributed by atoms with Crippen molar-refractivity contribution in [2.24, 2.45) is 3.77 Å². The maximum Gasteiger partial charge on any atom is 0.287 e. The van der Waals surface area contributed by atoms with E-state index in [2.05, 4.69) is 3.77 Å². The zero-order chi connectivity index (χ0) is 21.8. The molecule has 1 aliphatic rings. The Kier molecular flexibility index (Phi) is 7.53. The van der Waals surface area contributed by atoms with Crippen LogP contribution in [0.4, 0.5) is 0 Å². The topological polar surface area (TPSA) is 102 Å². The van der Waals surface area contributed by atoms with E-state index in [1.807, 2.05) is 0 Å². The van der Waals surface area contributed by atoms with Crippen LogP contribution in [0.3, 0.4) is 0 Å². The molecule has 1 aliphatic heterocycles. The van der Waals surface area contributed by atoms with E-state index in [1.165, 1.54) is 59.9 Å². The van der Waals surface area contributed by atoms with Crippen LogP contribution < -0.4 is 4.74 Å². The van der Waals surface area contributed by atoms with E-state index < -0.39 is 30.7 Å². The van der Waals surface area contributed by atoms with Crippen molar-refractivity contribution in [3.8, 4) is 5.75 Å². The van der Waals surface area contributed by atoms with Gasteiger partial charge in [0.05, 0.1) is 9.79 Å². The minimum atomic E-state index is -3.84. The third-order valence-corrected chi connectivity index (χ3v) is 10.2. The molecule has 1 saturated heterocycles.